The van der Waals surface area contributed by atoms with Crippen molar-refractivity contribution in [3.8, 4) is 5.75 Å². The summed E-state index contributed by atoms with van der Waals surface area (Å²) in [7, 11) is 1.66. The van der Waals surface area contributed by atoms with E-state index in [-0.39, 0.29) is 12.0 Å². The predicted molar refractivity (Wildman–Crippen MR) is 82.3 cm³/mol. The van der Waals surface area contributed by atoms with Gasteiger partial charge in [-0.2, -0.15) is 0 Å². The highest BCUT2D eigenvalue weighted by Crippen LogP contribution is 2.29. The number of aliphatic hydroxyl groups excluding tert-OH is 1. The average Bonchev–Trinajstić information content (AvgIpc) is 2.47. The highest BCUT2D eigenvalue weighted by Gasteiger charge is 2.26. The maximum absolute atomic E-state index is 9.86. The van der Waals surface area contributed by atoms with Gasteiger partial charge in [0.15, 0.2) is 0 Å². The fourth-order valence-electron chi connectivity index (χ4n) is 2.52. The van der Waals surface area contributed by atoms with Crippen molar-refractivity contribution >= 4 is 0 Å². The van der Waals surface area contributed by atoms with Gasteiger partial charge in [-0.1, -0.05) is 48.9 Å². The lowest BCUT2D eigenvalue weighted by atomic mass is 9.78. The number of benzene rings is 2. The van der Waals surface area contributed by atoms with E-state index in [0.29, 0.717) is 0 Å². The zero-order valence-corrected chi connectivity index (χ0v) is 12.4. The number of rotatable bonds is 5. The SMILES string of the molecule is COc1ccc(C(C)(CO)Cc2cccc(C)c2)cc1. The Morgan fingerprint density at radius 2 is 1.80 bits per heavy atom. The minimum Gasteiger partial charge on any atom is -0.497 e. The summed E-state index contributed by atoms with van der Waals surface area (Å²) in [5, 5.41) is 9.86. The molecule has 0 bridgehead atoms. The van der Waals surface area contributed by atoms with Gasteiger partial charge in [0.25, 0.3) is 0 Å². The summed E-state index contributed by atoms with van der Waals surface area (Å²) in [5.74, 6) is 0.838. The van der Waals surface area contributed by atoms with Gasteiger partial charge >= 0.3 is 0 Å². The van der Waals surface area contributed by atoms with Gasteiger partial charge in [0.05, 0.1) is 13.7 Å². The van der Waals surface area contributed by atoms with Gasteiger partial charge in [-0.15, -0.1) is 0 Å². The summed E-state index contributed by atoms with van der Waals surface area (Å²) in [4.78, 5) is 0. The standard InChI is InChI=1S/C18H22O2/c1-14-5-4-6-15(11-14)12-18(2,13-19)16-7-9-17(20-3)10-8-16/h4-11,19H,12-13H2,1-3H3. The highest BCUT2D eigenvalue weighted by atomic mass is 16.5. The molecule has 1 N–H and O–H groups in total. The second-order valence-electron chi connectivity index (χ2n) is 5.61. The van der Waals surface area contributed by atoms with E-state index in [0.717, 1.165) is 17.7 Å². The van der Waals surface area contributed by atoms with Crippen molar-refractivity contribution < 1.29 is 9.84 Å². The zero-order valence-electron chi connectivity index (χ0n) is 12.4. The molecule has 0 saturated carbocycles. The average molecular weight is 270 g/mol. The van der Waals surface area contributed by atoms with Crippen LogP contribution in [0.3, 0.4) is 0 Å². The van der Waals surface area contributed by atoms with Crippen LogP contribution in [0.2, 0.25) is 0 Å². The molecule has 2 rings (SSSR count). The van der Waals surface area contributed by atoms with Gasteiger partial charge < -0.3 is 9.84 Å². The molecule has 0 aliphatic heterocycles. The number of methoxy groups -OCH3 is 1. The number of hydrogen-bond donors (Lipinski definition) is 1. The molecule has 2 heteroatoms. The van der Waals surface area contributed by atoms with Crippen LogP contribution in [0.5, 0.6) is 5.75 Å². The fraction of sp³-hybridized carbons (Fsp3) is 0.333. The molecule has 20 heavy (non-hydrogen) atoms. The highest BCUT2D eigenvalue weighted by molar-refractivity contribution is 5.34. The summed E-state index contributed by atoms with van der Waals surface area (Å²) in [6.07, 6.45) is 0.817. The zero-order chi connectivity index (χ0) is 14.6. The second-order valence-corrected chi connectivity index (χ2v) is 5.61. The van der Waals surface area contributed by atoms with Gasteiger partial charge in [0.1, 0.15) is 5.75 Å². The maximum Gasteiger partial charge on any atom is 0.118 e. The van der Waals surface area contributed by atoms with Crippen LogP contribution < -0.4 is 4.74 Å². The summed E-state index contributed by atoms with van der Waals surface area (Å²) < 4.78 is 5.19. The van der Waals surface area contributed by atoms with E-state index in [4.69, 9.17) is 4.74 Å². The van der Waals surface area contributed by atoms with Crippen LogP contribution in [0.4, 0.5) is 0 Å². The molecule has 0 amide bonds. The van der Waals surface area contributed by atoms with E-state index in [1.54, 1.807) is 7.11 Å². The number of ether oxygens (including phenoxy) is 1. The Hall–Kier alpha value is -1.80. The first-order valence-corrected chi connectivity index (χ1v) is 6.88. The monoisotopic (exact) mass is 270 g/mol. The molecule has 0 aliphatic carbocycles. The van der Waals surface area contributed by atoms with E-state index in [9.17, 15) is 5.11 Å². The van der Waals surface area contributed by atoms with Crippen LogP contribution >= 0.6 is 0 Å². The molecule has 0 spiro atoms. The van der Waals surface area contributed by atoms with Gasteiger partial charge in [0.2, 0.25) is 0 Å². The predicted octanol–water partition coefficient (Wildman–Crippen LogP) is 3.50. The first-order valence-electron chi connectivity index (χ1n) is 6.88. The van der Waals surface area contributed by atoms with Crippen LogP contribution in [0, 0.1) is 6.92 Å². The van der Waals surface area contributed by atoms with E-state index >= 15 is 0 Å². The minimum atomic E-state index is -0.278. The molecular formula is C18H22O2. The first kappa shape index (κ1) is 14.6. The van der Waals surface area contributed by atoms with Crippen molar-refractivity contribution in [2.45, 2.75) is 25.7 Å². The molecule has 0 aromatic heterocycles. The Labute approximate surface area is 121 Å². The lowest BCUT2D eigenvalue weighted by Crippen LogP contribution is -2.29. The third kappa shape index (κ3) is 3.20. The van der Waals surface area contributed by atoms with Crippen molar-refractivity contribution in [1.29, 1.82) is 0 Å². The molecule has 0 fully saturated rings. The van der Waals surface area contributed by atoms with Gasteiger partial charge in [-0.25, -0.2) is 0 Å². The van der Waals surface area contributed by atoms with Gasteiger partial charge in [-0.3, -0.25) is 0 Å². The molecule has 1 unspecified atom stereocenters. The third-order valence-electron chi connectivity index (χ3n) is 3.81. The van der Waals surface area contributed by atoms with E-state index in [2.05, 4.69) is 38.1 Å². The summed E-state index contributed by atoms with van der Waals surface area (Å²) in [6, 6.07) is 16.4. The Kier molecular flexibility index (Phi) is 4.46. The molecule has 2 aromatic carbocycles. The third-order valence-corrected chi connectivity index (χ3v) is 3.81. The van der Waals surface area contributed by atoms with Crippen molar-refractivity contribution in [3.05, 3.63) is 65.2 Å². The smallest absolute Gasteiger partial charge is 0.118 e. The summed E-state index contributed by atoms with van der Waals surface area (Å²) in [6.45, 7) is 4.30. The summed E-state index contributed by atoms with van der Waals surface area (Å²) >= 11 is 0. The van der Waals surface area contributed by atoms with E-state index in [1.807, 2.05) is 24.3 Å². The number of aliphatic hydroxyl groups is 1. The molecule has 106 valence electrons. The lowest BCUT2D eigenvalue weighted by Gasteiger charge is -2.28. The van der Waals surface area contributed by atoms with Gasteiger partial charge in [0, 0.05) is 5.41 Å². The van der Waals surface area contributed by atoms with Crippen molar-refractivity contribution in [2.75, 3.05) is 13.7 Å². The first-order chi connectivity index (χ1) is 9.57. The lowest BCUT2D eigenvalue weighted by molar-refractivity contribution is 0.204. The fourth-order valence-corrected chi connectivity index (χ4v) is 2.52. The molecule has 0 aliphatic rings. The van der Waals surface area contributed by atoms with Crippen molar-refractivity contribution in [1.82, 2.24) is 0 Å². The maximum atomic E-state index is 9.86. The van der Waals surface area contributed by atoms with Gasteiger partial charge in [-0.05, 0) is 36.6 Å². The molecule has 0 saturated heterocycles. The van der Waals surface area contributed by atoms with Crippen LogP contribution in [0.15, 0.2) is 48.5 Å². The number of hydrogen-bond acceptors (Lipinski definition) is 2. The summed E-state index contributed by atoms with van der Waals surface area (Å²) in [5.41, 5.74) is 3.34. The molecule has 1 atom stereocenters. The molecule has 0 heterocycles. The van der Waals surface area contributed by atoms with Crippen LogP contribution in [-0.4, -0.2) is 18.8 Å². The van der Waals surface area contributed by atoms with Crippen LogP contribution in [-0.2, 0) is 11.8 Å². The second kappa shape index (κ2) is 6.10. The topological polar surface area (TPSA) is 29.5 Å². The molecule has 2 nitrogen and oxygen atoms in total. The Morgan fingerprint density at radius 3 is 2.35 bits per heavy atom. The van der Waals surface area contributed by atoms with Crippen molar-refractivity contribution in [3.63, 3.8) is 0 Å². The Bertz CT molecular complexity index is 560. The number of aryl methyl sites for hydroxylation is 1. The molecular weight excluding hydrogens is 248 g/mol. The molecule has 2 aromatic rings. The van der Waals surface area contributed by atoms with Crippen molar-refractivity contribution in [2.24, 2.45) is 0 Å². The Morgan fingerprint density at radius 1 is 1.10 bits per heavy atom. The normalized spacial score (nSPS) is 13.8. The van der Waals surface area contributed by atoms with E-state index < -0.39 is 0 Å². The minimum absolute atomic E-state index is 0.118. The van der Waals surface area contributed by atoms with Crippen LogP contribution in [0.1, 0.15) is 23.6 Å². The van der Waals surface area contributed by atoms with E-state index in [1.165, 1.54) is 11.1 Å². The quantitative estimate of drug-likeness (QED) is 0.901. The van der Waals surface area contributed by atoms with Crippen LogP contribution in [0.25, 0.3) is 0 Å². The Balaban J connectivity index is 2.27. The molecule has 0 radical (unpaired) electrons. The largest absolute Gasteiger partial charge is 0.497 e.